The van der Waals surface area contributed by atoms with E-state index >= 15 is 0 Å². The van der Waals surface area contributed by atoms with Crippen LogP contribution in [-0.2, 0) is 10.0 Å². The molecule has 1 aliphatic heterocycles. The van der Waals surface area contributed by atoms with Crippen molar-refractivity contribution in [3.05, 3.63) is 29.3 Å². The van der Waals surface area contributed by atoms with Crippen LogP contribution < -0.4 is 4.72 Å². The first-order valence-electron chi connectivity index (χ1n) is 5.53. The number of hydrogen-bond donors (Lipinski definition) is 1. The van der Waals surface area contributed by atoms with Gasteiger partial charge in [0.05, 0.1) is 11.6 Å². The molecule has 0 bridgehead atoms. The highest BCUT2D eigenvalue weighted by Crippen LogP contribution is 2.20. The van der Waals surface area contributed by atoms with Crippen LogP contribution in [0.2, 0.25) is 5.02 Å². The first kappa shape index (κ1) is 13.8. The van der Waals surface area contributed by atoms with Gasteiger partial charge in [0, 0.05) is 12.1 Å². The van der Waals surface area contributed by atoms with E-state index in [0.29, 0.717) is 6.54 Å². The van der Waals surface area contributed by atoms with Crippen LogP contribution in [0.25, 0.3) is 0 Å². The first-order valence-corrected chi connectivity index (χ1v) is 7.39. The molecule has 6 nitrogen and oxygen atoms in total. The molecule has 1 aromatic carbocycles. The molecule has 19 heavy (non-hydrogen) atoms. The number of rotatable bonds is 2. The molecule has 1 N–H and O–H groups in total. The van der Waals surface area contributed by atoms with Crippen LogP contribution in [0.15, 0.2) is 34.3 Å². The highest BCUT2D eigenvalue weighted by Gasteiger charge is 2.26. The van der Waals surface area contributed by atoms with Crippen LogP contribution in [0, 0.1) is 5.92 Å². The Labute approximate surface area is 116 Å². The van der Waals surface area contributed by atoms with E-state index in [1.165, 1.54) is 18.2 Å². The summed E-state index contributed by atoms with van der Waals surface area (Å²) in [6.07, 6.45) is 1.59. The SMILES string of the molecule is CC1C=NN(C(=O)NS(=O)(=O)c2ccccc2Cl)C1. The van der Waals surface area contributed by atoms with E-state index in [1.807, 2.05) is 11.6 Å². The maximum absolute atomic E-state index is 12.0. The fourth-order valence-electron chi connectivity index (χ4n) is 1.58. The maximum atomic E-state index is 12.0. The number of amides is 2. The van der Waals surface area contributed by atoms with Gasteiger partial charge in [0.15, 0.2) is 0 Å². The van der Waals surface area contributed by atoms with E-state index in [-0.39, 0.29) is 15.8 Å². The van der Waals surface area contributed by atoms with Crippen LogP contribution >= 0.6 is 11.6 Å². The molecule has 0 fully saturated rings. The van der Waals surface area contributed by atoms with Crippen LogP contribution in [0.5, 0.6) is 0 Å². The minimum atomic E-state index is -3.99. The Balaban J connectivity index is 2.17. The summed E-state index contributed by atoms with van der Waals surface area (Å²) in [5, 5.41) is 4.94. The van der Waals surface area contributed by atoms with Crippen molar-refractivity contribution in [2.45, 2.75) is 11.8 Å². The van der Waals surface area contributed by atoms with Gasteiger partial charge in [0.2, 0.25) is 0 Å². The zero-order valence-corrected chi connectivity index (χ0v) is 11.6. The molecule has 2 amide bonds. The summed E-state index contributed by atoms with van der Waals surface area (Å²) in [5.74, 6) is 0.105. The van der Waals surface area contributed by atoms with Gasteiger partial charge in [-0.2, -0.15) is 5.10 Å². The lowest BCUT2D eigenvalue weighted by molar-refractivity contribution is 0.208. The van der Waals surface area contributed by atoms with E-state index in [4.69, 9.17) is 11.6 Å². The van der Waals surface area contributed by atoms with E-state index in [9.17, 15) is 13.2 Å². The topological polar surface area (TPSA) is 78.8 Å². The van der Waals surface area contributed by atoms with Gasteiger partial charge in [-0.15, -0.1) is 0 Å². The van der Waals surface area contributed by atoms with Gasteiger partial charge in [-0.1, -0.05) is 30.7 Å². The zero-order chi connectivity index (χ0) is 14.0. The van der Waals surface area contributed by atoms with Crippen molar-refractivity contribution in [1.82, 2.24) is 9.73 Å². The fourth-order valence-corrected chi connectivity index (χ4v) is 3.05. The smallest absolute Gasteiger partial charge is 0.246 e. The van der Waals surface area contributed by atoms with Crippen LogP contribution in [0.1, 0.15) is 6.92 Å². The number of carbonyl (C=O) groups excluding carboxylic acids is 1. The number of benzene rings is 1. The first-order chi connectivity index (χ1) is 8.90. The highest BCUT2D eigenvalue weighted by molar-refractivity contribution is 7.90. The van der Waals surface area contributed by atoms with E-state index < -0.39 is 16.1 Å². The van der Waals surface area contributed by atoms with Gasteiger partial charge in [-0.25, -0.2) is 22.9 Å². The van der Waals surface area contributed by atoms with Crippen LogP contribution in [-0.4, -0.2) is 32.2 Å². The molecular formula is C11H12ClN3O3S. The number of hydrogen-bond acceptors (Lipinski definition) is 4. The highest BCUT2D eigenvalue weighted by atomic mass is 35.5. The van der Waals surface area contributed by atoms with Crippen LogP contribution in [0.3, 0.4) is 0 Å². The second-order valence-electron chi connectivity index (χ2n) is 4.17. The maximum Gasteiger partial charge on any atom is 0.351 e. The molecule has 1 heterocycles. The van der Waals surface area contributed by atoms with Crippen molar-refractivity contribution >= 4 is 33.9 Å². The third-order valence-electron chi connectivity index (χ3n) is 2.50. The summed E-state index contributed by atoms with van der Waals surface area (Å²) in [6, 6.07) is 5.11. The van der Waals surface area contributed by atoms with E-state index in [2.05, 4.69) is 5.10 Å². The van der Waals surface area contributed by atoms with Gasteiger partial charge in [0.25, 0.3) is 10.0 Å². The number of nitrogens with one attached hydrogen (secondary N) is 1. The number of sulfonamides is 1. The number of carbonyl (C=O) groups is 1. The lowest BCUT2D eigenvalue weighted by Gasteiger charge is -2.14. The number of urea groups is 1. The molecule has 0 saturated carbocycles. The van der Waals surface area contributed by atoms with Gasteiger partial charge in [-0.3, -0.25) is 0 Å². The minimum absolute atomic E-state index is 0.0566. The Morgan fingerprint density at radius 3 is 2.74 bits per heavy atom. The summed E-state index contributed by atoms with van der Waals surface area (Å²) in [5.41, 5.74) is 0. The van der Waals surface area contributed by atoms with Crippen molar-refractivity contribution in [3.63, 3.8) is 0 Å². The molecule has 1 aromatic rings. The molecule has 0 aromatic heterocycles. The van der Waals surface area contributed by atoms with Crippen molar-refractivity contribution < 1.29 is 13.2 Å². The Morgan fingerprint density at radius 1 is 1.47 bits per heavy atom. The molecule has 2 rings (SSSR count). The Morgan fingerprint density at radius 2 is 2.16 bits per heavy atom. The fraction of sp³-hybridized carbons (Fsp3) is 0.273. The molecular weight excluding hydrogens is 290 g/mol. The summed E-state index contributed by atoms with van der Waals surface area (Å²) in [4.78, 5) is 11.6. The van der Waals surface area contributed by atoms with Crippen molar-refractivity contribution in [3.8, 4) is 0 Å². The van der Waals surface area contributed by atoms with Gasteiger partial charge in [-0.05, 0) is 12.1 Å². The molecule has 1 aliphatic rings. The van der Waals surface area contributed by atoms with Gasteiger partial charge in [0.1, 0.15) is 4.90 Å². The number of hydrazone groups is 1. The lowest BCUT2D eigenvalue weighted by Crippen LogP contribution is -2.39. The predicted octanol–water partition coefficient (Wildman–Crippen LogP) is 1.68. The normalized spacial score (nSPS) is 18.6. The minimum Gasteiger partial charge on any atom is -0.246 e. The summed E-state index contributed by atoms with van der Waals surface area (Å²) < 4.78 is 26.0. The summed E-state index contributed by atoms with van der Waals surface area (Å²) in [6.45, 7) is 2.23. The quantitative estimate of drug-likeness (QED) is 0.902. The molecule has 8 heteroatoms. The second kappa shape index (κ2) is 5.18. The molecule has 0 radical (unpaired) electrons. The van der Waals surface area contributed by atoms with E-state index in [0.717, 1.165) is 5.01 Å². The second-order valence-corrected chi connectivity index (χ2v) is 6.22. The molecule has 1 unspecified atom stereocenters. The molecule has 0 saturated heterocycles. The predicted molar refractivity (Wildman–Crippen MR) is 71.5 cm³/mol. The molecule has 102 valence electrons. The Bertz CT molecular complexity index is 630. The molecule has 0 spiro atoms. The lowest BCUT2D eigenvalue weighted by atomic mass is 10.2. The van der Waals surface area contributed by atoms with Crippen molar-refractivity contribution in [1.29, 1.82) is 0 Å². The van der Waals surface area contributed by atoms with E-state index in [1.54, 1.807) is 12.3 Å². The van der Waals surface area contributed by atoms with Crippen molar-refractivity contribution in [2.24, 2.45) is 11.0 Å². The van der Waals surface area contributed by atoms with Crippen LogP contribution in [0.4, 0.5) is 4.79 Å². The summed E-state index contributed by atoms with van der Waals surface area (Å²) >= 11 is 5.80. The number of halogens is 1. The average Bonchev–Trinajstić information content (AvgIpc) is 2.76. The average molecular weight is 302 g/mol. The standard InChI is InChI=1S/C11H12ClN3O3S/c1-8-6-13-15(7-8)11(16)14-19(17,18)10-5-3-2-4-9(10)12/h2-6,8H,7H2,1H3,(H,14,16). The van der Waals surface area contributed by atoms with Gasteiger partial charge < -0.3 is 0 Å². The number of nitrogens with zero attached hydrogens (tertiary/aromatic N) is 2. The Kier molecular flexibility index (Phi) is 3.77. The largest absolute Gasteiger partial charge is 0.351 e. The molecule has 0 aliphatic carbocycles. The third-order valence-corrected chi connectivity index (χ3v) is 4.32. The third kappa shape index (κ3) is 3.05. The molecule has 1 atom stereocenters. The van der Waals surface area contributed by atoms with Crippen molar-refractivity contribution in [2.75, 3.05) is 6.54 Å². The summed E-state index contributed by atoms with van der Waals surface area (Å²) in [7, 11) is -3.99. The Hall–Kier alpha value is -1.60. The zero-order valence-electron chi connectivity index (χ0n) is 10.1. The monoisotopic (exact) mass is 301 g/mol. The van der Waals surface area contributed by atoms with Gasteiger partial charge >= 0.3 is 6.03 Å².